The summed E-state index contributed by atoms with van der Waals surface area (Å²) in [6.45, 7) is 0.608. The van der Waals surface area contributed by atoms with Gasteiger partial charge in [-0.2, -0.15) is 5.10 Å². The van der Waals surface area contributed by atoms with Crippen LogP contribution in [-0.2, 0) is 20.0 Å². The van der Waals surface area contributed by atoms with E-state index in [1.807, 2.05) is 19.3 Å². The van der Waals surface area contributed by atoms with Crippen molar-refractivity contribution >= 4 is 17.0 Å². The van der Waals surface area contributed by atoms with Gasteiger partial charge in [-0.1, -0.05) is 5.21 Å². The largest absolute Gasteiger partial charge is 0.478 e. The van der Waals surface area contributed by atoms with E-state index >= 15 is 0 Å². The quantitative estimate of drug-likeness (QED) is 0.768. The molecule has 0 radical (unpaired) electrons. The summed E-state index contributed by atoms with van der Waals surface area (Å²) >= 11 is 0. The maximum absolute atomic E-state index is 11.0. The van der Waals surface area contributed by atoms with E-state index in [4.69, 9.17) is 5.11 Å². The van der Waals surface area contributed by atoms with Crippen molar-refractivity contribution in [1.82, 2.24) is 24.8 Å². The molecule has 7 nitrogen and oxygen atoms in total. The highest BCUT2D eigenvalue weighted by atomic mass is 16.4. The Morgan fingerprint density at radius 1 is 1.35 bits per heavy atom. The van der Waals surface area contributed by atoms with Gasteiger partial charge in [0.2, 0.25) is 0 Å². The molecule has 3 rings (SSSR count). The zero-order valence-electron chi connectivity index (χ0n) is 10.9. The third-order valence-electron chi connectivity index (χ3n) is 3.11. The van der Waals surface area contributed by atoms with Gasteiger partial charge in [0.1, 0.15) is 5.52 Å². The molecule has 0 fully saturated rings. The van der Waals surface area contributed by atoms with Gasteiger partial charge in [0.05, 0.1) is 16.8 Å². The lowest BCUT2D eigenvalue weighted by Crippen LogP contribution is -2.05. The molecule has 0 bridgehead atoms. The van der Waals surface area contributed by atoms with Crippen LogP contribution in [0.2, 0.25) is 0 Å². The first-order valence-corrected chi connectivity index (χ1v) is 6.18. The maximum atomic E-state index is 11.0. The van der Waals surface area contributed by atoms with Crippen LogP contribution < -0.4 is 0 Å². The van der Waals surface area contributed by atoms with Gasteiger partial charge < -0.3 is 5.11 Å². The zero-order valence-corrected chi connectivity index (χ0v) is 10.9. The second-order valence-electron chi connectivity index (χ2n) is 4.55. The van der Waals surface area contributed by atoms with E-state index in [2.05, 4.69) is 15.4 Å². The molecule has 0 saturated heterocycles. The molecule has 0 saturated carbocycles. The molecule has 1 N–H and O–H groups in total. The Bertz CT molecular complexity index is 774. The van der Waals surface area contributed by atoms with Crippen molar-refractivity contribution in [2.45, 2.75) is 13.0 Å². The molecule has 0 amide bonds. The molecular weight excluding hydrogens is 258 g/mol. The van der Waals surface area contributed by atoms with E-state index in [9.17, 15) is 4.79 Å². The monoisotopic (exact) mass is 271 g/mol. The number of carboxylic acids is 1. The summed E-state index contributed by atoms with van der Waals surface area (Å²) in [6, 6.07) is 6.74. The first-order chi connectivity index (χ1) is 9.63. The molecular formula is C13H13N5O2. The van der Waals surface area contributed by atoms with Crippen LogP contribution in [0.1, 0.15) is 16.1 Å². The lowest BCUT2D eigenvalue weighted by Gasteiger charge is -2.01. The molecule has 0 aliphatic heterocycles. The minimum atomic E-state index is -0.954. The topological polar surface area (TPSA) is 85.8 Å². The van der Waals surface area contributed by atoms with E-state index in [0.717, 1.165) is 17.6 Å². The number of fused-ring (bicyclic) bond motifs is 1. The summed E-state index contributed by atoms with van der Waals surface area (Å²) in [5.41, 5.74) is 2.61. The number of hydrogen-bond donors (Lipinski definition) is 1. The van der Waals surface area contributed by atoms with E-state index < -0.39 is 5.97 Å². The third kappa shape index (κ3) is 2.25. The predicted molar refractivity (Wildman–Crippen MR) is 71.4 cm³/mol. The number of benzene rings is 1. The summed E-state index contributed by atoms with van der Waals surface area (Å²) in [5, 5.41) is 21.4. The number of aromatic nitrogens is 5. The van der Waals surface area contributed by atoms with Gasteiger partial charge in [-0.05, 0) is 24.3 Å². The molecule has 0 aliphatic carbocycles. The molecule has 7 heteroatoms. The Labute approximate surface area is 114 Å². The van der Waals surface area contributed by atoms with Gasteiger partial charge >= 0.3 is 5.97 Å². The molecule has 2 aromatic heterocycles. The number of carbonyl (C=O) groups is 1. The van der Waals surface area contributed by atoms with Crippen molar-refractivity contribution < 1.29 is 9.90 Å². The minimum Gasteiger partial charge on any atom is -0.478 e. The van der Waals surface area contributed by atoms with Gasteiger partial charge in [0.25, 0.3) is 0 Å². The molecule has 1 aromatic carbocycles. The van der Waals surface area contributed by atoms with Crippen LogP contribution in [0.15, 0.2) is 30.5 Å². The van der Waals surface area contributed by atoms with Crippen molar-refractivity contribution in [3.8, 4) is 0 Å². The number of aromatic carboxylic acids is 1. The van der Waals surface area contributed by atoms with Crippen LogP contribution in [0.25, 0.3) is 11.0 Å². The van der Waals surface area contributed by atoms with Gasteiger partial charge in [0.15, 0.2) is 0 Å². The lowest BCUT2D eigenvalue weighted by atomic mass is 10.2. The SMILES string of the molecule is Cn1ccc(CCn2nnc3ccc(C(=O)O)cc32)n1. The Morgan fingerprint density at radius 2 is 2.20 bits per heavy atom. The van der Waals surface area contributed by atoms with Crippen molar-refractivity contribution in [2.75, 3.05) is 0 Å². The van der Waals surface area contributed by atoms with E-state index in [1.54, 1.807) is 21.5 Å². The maximum Gasteiger partial charge on any atom is 0.335 e. The van der Waals surface area contributed by atoms with Gasteiger partial charge in [0, 0.05) is 26.2 Å². The van der Waals surface area contributed by atoms with E-state index in [0.29, 0.717) is 12.1 Å². The first-order valence-electron chi connectivity index (χ1n) is 6.18. The van der Waals surface area contributed by atoms with Crippen LogP contribution in [0.3, 0.4) is 0 Å². The molecule has 0 aliphatic rings. The van der Waals surface area contributed by atoms with Crippen molar-refractivity contribution in [2.24, 2.45) is 7.05 Å². The van der Waals surface area contributed by atoms with Crippen LogP contribution in [0.4, 0.5) is 0 Å². The Hall–Kier alpha value is -2.70. The van der Waals surface area contributed by atoms with Crippen LogP contribution in [0, 0.1) is 0 Å². The molecule has 0 spiro atoms. The molecule has 2 heterocycles. The van der Waals surface area contributed by atoms with Crippen molar-refractivity contribution in [3.63, 3.8) is 0 Å². The number of rotatable bonds is 4. The molecule has 3 aromatic rings. The average molecular weight is 271 g/mol. The minimum absolute atomic E-state index is 0.235. The van der Waals surface area contributed by atoms with Gasteiger partial charge in [-0.25, -0.2) is 9.48 Å². The molecule has 0 atom stereocenters. The number of nitrogens with zero attached hydrogens (tertiary/aromatic N) is 5. The third-order valence-corrected chi connectivity index (χ3v) is 3.11. The smallest absolute Gasteiger partial charge is 0.335 e. The normalized spacial score (nSPS) is 11.1. The Balaban J connectivity index is 1.87. The average Bonchev–Trinajstić information content (AvgIpc) is 3.02. The van der Waals surface area contributed by atoms with Crippen molar-refractivity contribution in [1.29, 1.82) is 0 Å². The number of carboxylic acid groups (broad SMARTS) is 1. The summed E-state index contributed by atoms with van der Waals surface area (Å²) in [4.78, 5) is 11.0. The summed E-state index contributed by atoms with van der Waals surface area (Å²) in [5.74, 6) is -0.954. The highest BCUT2D eigenvalue weighted by Crippen LogP contribution is 2.14. The Kier molecular flexibility index (Phi) is 2.94. The van der Waals surface area contributed by atoms with Crippen molar-refractivity contribution in [3.05, 3.63) is 41.7 Å². The van der Waals surface area contributed by atoms with Gasteiger partial charge in [-0.15, -0.1) is 5.10 Å². The van der Waals surface area contributed by atoms with Gasteiger partial charge in [-0.3, -0.25) is 4.68 Å². The number of hydrogen-bond acceptors (Lipinski definition) is 4. The molecule has 20 heavy (non-hydrogen) atoms. The second-order valence-corrected chi connectivity index (χ2v) is 4.55. The lowest BCUT2D eigenvalue weighted by molar-refractivity contribution is 0.0697. The van der Waals surface area contributed by atoms with E-state index in [1.165, 1.54) is 6.07 Å². The van der Waals surface area contributed by atoms with Crippen LogP contribution >= 0.6 is 0 Å². The second kappa shape index (κ2) is 4.76. The summed E-state index contributed by atoms with van der Waals surface area (Å²) in [6.07, 6.45) is 2.61. The fraction of sp³-hybridized carbons (Fsp3) is 0.231. The zero-order chi connectivity index (χ0) is 14.1. The standard InChI is InChI=1S/C13H13N5O2/c1-17-6-4-10(15-17)5-7-18-12-8-9(13(19)20)2-3-11(12)14-16-18/h2-4,6,8H,5,7H2,1H3,(H,19,20). The Morgan fingerprint density at radius 3 is 2.90 bits per heavy atom. The first kappa shape index (κ1) is 12.3. The fourth-order valence-corrected chi connectivity index (χ4v) is 2.08. The molecule has 0 unspecified atom stereocenters. The van der Waals surface area contributed by atoms with E-state index in [-0.39, 0.29) is 5.56 Å². The predicted octanol–water partition coefficient (Wildman–Crippen LogP) is 1.11. The highest BCUT2D eigenvalue weighted by molar-refractivity contribution is 5.92. The van der Waals surface area contributed by atoms with Crippen LogP contribution in [-0.4, -0.2) is 35.9 Å². The summed E-state index contributed by atoms with van der Waals surface area (Å²) in [7, 11) is 1.87. The fourth-order valence-electron chi connectivity index (χ4n) is 2.08. The number of aryl methyl sites for hydroxylation is 3. The molecule has 102 valence electrons. The highest BCUT2D eigenvalue weighted by Gasteiger charge is 2.09. The van der Waals surface area contributed by atoms with Crippen LogP contribution in [0.5, 0.6) is 0 Å². The summed E-state index contributed by atoms with van der Waals surface area (Å²) < 4.78 is 3.45.